The summed E-state index contributed by atoms with van der Waals surface area (Å²) < 4.78 is 5.91. The van der Waals surface area contributed by atoms with Crippen LogP contribution in [0.5, 0.6) is 5.75 Å². The molecular formula is C18H13NO2. The number of hydrogen-bond acceptors (Lipinski definition) is 2. The number of rotatable bonds is 1. The van der Waals surface area contributed by atoms with Crippen molar-refractivity contribution in [1.29, 1.82) is 0 Å². The lowest BCUT2D eigenvalue weighted by atomic mass is 10.0. The summed E-state index contributed by atoms with van der Waals surface area (Å²) in [6.07, 6.45) is -0.447. The number of carbonyl (C=O) groups excluding carboxylic acids is 1. The van der Waals surface area contributed by atoms with Gasteiger partial charge in [0.05, 0.1) is 5.56 Å². The molecular weight excluding hydrogens is 262 g/mol. The van der Waals surface area contributed by atoms with E-state index in [-0.39, 0.29) is 5.91 Å². The number of nitrogens with one attached hydrogen (secondary N) is 1. The maximum atomic E-state index is 12.1. The minimum atomic E-state index is -0.447. The minimum Gasteiger partial charge on any atom is -0.466 e. The highest BCUT2D eigenvalue weighted by Crippen LogP contribution is 2.30. The van der Waals surface area contributed by atoms with Crippen molar-refractivity contribution in [1.82, 2.24) is 5.32 Å². The Hall–Kier alpha value is -2.81. The zero-order chi connectivity index (χ0) is 14.2. The van der Waals surface area contributed by atoms with Crippen LogP contribution >= 0.6 is 0 Å². The van der Waals surface area contributed by atoms with Crippen molar-refractivity contribution in [3.63, 3.8) is 0 Å². The van der Waals surface area contributed by atoms with E-state index in [2.05, 4.69) is 17.4 Å². The van der Waals surface area contributed by atoms with Crippen molar-refractivity contribution in [3.05, 3.63) is 77.9 Å². The van der Waals surface area contributed by atoms with Crippen molar-refractivity contribution in [3.8, 4) is 5.75 Å². The highest BCUT2D eigenvalue weighted by Gasteiger charge is 2.26. The summed E-state index contributed by atoms with van der Waals surface area (Å²) in [5.74, 6) is 0.523. The van der Waals surface area contributed by atoms with Crippen LogP contribution < -0.4 is 10.1 Å². The van der Waals surface area contributed by atoms with Gasteiger partial charge in [0.15, 0.2) is 6.23 Å². The quantitative estimate of drug-likeness (QED) is 0.736. The normalized spacial score (nSPS) is 17.0. The van der Waals surface area contributed by atoms with Gasteiger partial charge < -0.3 is 10.1 Å². The van der Waals surface area contributed by atoms with E-state index in [0.717, 1.165) is 10.9 Å². The van der Waals surface area contributed by atoms with Gasteiger partial charge in [0.25, 0.3) is 5.91 Å². The molecule has 3 heteroatoms. The van der Waals surface area contributed by atoms with Crippen LogP contribution in [0.4, 0.5) is 0 Å². The van der Waals surface area contributed by atoms with E-state index in [4.69, 9.17) is 4.74 Å². The van der Waals surface area contributed by atoms with E-state index >= 15 is 0 Å². The maximum Gasteiger partial charge on any atom is 0.258 e. The van der Waals surface area contributed by atoms with Gasteiger partial charge in [-0.3, -0.25) is 4.79 Å². The summed E-state index contributed by atoms with van der Waals surface area (Å²) in [4.78, 5) is 12.1. The fourth-order valence-corrected chi connectivity index (χ4v) is 2.63. The van der Waals surface area contributed by atoms with E-state index in [9.17, 15) is 4.79 Å². The van der Waals surface area contributed by atoms with Crippen LogP contribution in [0.25, 0.3) is 10.8 Å². The molecule has 0 aromatic heterocycles. The summed E-state index contributed by atoms with van der Waals surface area (Å²) in [5, 5.41) is 5.19. The molecule has 3 nitrogen and oxygen atoms in total. The smallest absolute Gasteiger partial charge is 0.258 e. The number of benzene rings is 3. The Morgan fingerprint density at radius 2 is 1.62 bits per heavy atom. The standard InChI is InChI=1S/C18H13NO2/c20-17-15-7-3-4-8-16(15)21-18(19-17)14-10-9-12-5-1-2-6-13(12)11-14/h1-11,18H,(H,19,20). The van der Waals surface area contributed by atoms with Gasteiger partial charge in [-0.05, 0) is 29.0 Å². The highest BCUT2D eigenvalue weighted by molar-refractivity contribution is 5.98. The molecule has 0 spiro atoms. The van der Waals surface area contributed by atoms with Gasteiger partial charge >= 0.3 is 0 Å². The second-order valence-corrected chi connectivity index (χ2v) is 5.07. The first-order chi connectivity index (χ1) is 10.3. The molecule has 102 valence electrons. The second-order valence-electron chi connectivity index (χ2n) is 5.07. The Morgan fingerprint density at radius 3 is 2.52 bits per heavy atom. The molecule has 0 saturated carbocycles. The highest BCUT2D eigenvalue weighted by atomic mass is 16.5. The van der Waals surface area contributed by atoms with E-state index in [1.165, 1.54) is 5.39 Å². The Balaban J connectivity index is 1.75. The first kappa shape index (κ1) is 12.0. The van der Waals surface area contributed by atoms with Crippen molar-refractivity contribution in [2.75, 3.05) is 0 Å². The van der Waals surface area contributed by atoms with Gasteiger partial charge in [0.1, 0.15) is 5.75 Å². The van der Waals surface area contributed by atoms with Gasteiger partial charge in [0, 0.05) is 5.56 Å². The summed E-state index contributed by atoms with van der Waals surface area (Å²) in [6, 6.07) is 21.5. The minimum absolute atomic E-state index is 0.102. The lowest BCUT2D eigenvalue weighted by Crippen LogP contribution is -2.36. The number of ether oxygens (including phenoxy) is 1. The van der Waals surface area contributed by atoms with Gasteiger partial charge in [-0.15, -0.1) is 0 Å². The fourth-order valence-electron chi connectivity index (χ4n) is 2.63. The summed E-state index contributed by atoms with van der Waals surface area (Å²) in [5.41, 5.74) is 1.52. The molecule has 0 saturated heterocycles. The number of fused-ring (bicyclic) bond motifs is 2. The van der Waals surface area contributed by atoms with Crippen LogP contribution in [0.2, 0.25) is 0 Å². The molecule has 0 aliphatic carbocycles. The molecule has 1 atom stereocenters. The fraction of sp³-hybridized carbons (Fsp3) is 0.0556. The maximum absolute atomic E-state index is 12.1. The molecule has 1 aliphatic heterocycles. The Kier molecular flexibility index (Phi) is 2.64. The molecule has 0 radical (unpaired) electrons. The third kappa shape index (κ3) is 2.03. The predicted octanol–water partition coefficient (Wildman–Crippen LogP) is 3.66. The first-order valence-corrected chi connectivity index (χ1v) is 6.86. The summed E-state index contributed by atoms with van der Waals surface area (Å²) in [6.45, 7) is 0. The Bertz CT molecular complexity index is 841. The topological polar surface area (TPSA) is 38.3 Å². The van der Waals surface area contributed by atoms with Gasteiger partial charge in [-0.1, -0.05) is 48.5 Å². The third-order valence-corrected chi connectivity index (χ3v) is 3.71. The molecule has 1 unspecified atom stereocenters. The molecule has 3 aromatic rings. The third-order valence-electron chi connectivity index (χ3n) is 3.71. The van der Waals surface area contributed by atoms with Gasteiger partial charge in [-0.2, -0.15) is 0 Å². The van der Waals surface area contributed by atoms with E-state index in [0.29, 0.717) is 11.3 Å². The average molecular weight is 275 g/mol. The van der Waals surface area contributed by atoms with Crippen LogP contribution in [-0.4, -0.2) is 5.91 Å². The van der Waals surface area contributed by atoms with Crippen molar-refractivity contribution >= 4 is 16.7 Å². The molecule has 21 heavy (non-hydrogen) atoms. The van der Waals surface area contributed by atoms with Crippen LogP contribution in [-0.2, 0) is 0 Å². The van der Waals surface area contributed by atoms with Crippen molar-refractivity contribution in [2.24, 2.45) is 0 Å². The Labute approximate surface area is 122 Å². The predicted molar refractivity (Wildman–Crippen MR) is 81.2 cm³/mol. The van der Waals surface area contributed by atoms with E-state index < -0.39 is 6.23 Å². The van der Waals surface area contributed by atoms with Crippen LogP contribution in [0.3, 0.4) is 0 Å². The van der Waals surface area contributed by atoms with Crippen LogP contribution in [0, 0.1) is 0 Å². The number of hydrogen-bond donors (Lipinski definition) is 1. The van der Waals surface area contributed by atoms with Crippen molar-refractivity contribution < 1.29 is 9.53 Å². The van der Waals surface area contributed by atoms with Gasteiger partial charge in [-0.25, -0.2) is 0 Å². The monoisotopic (exact) mass is 275 g/mol. The SMILES string of the molecule is O=C1NC(c2ccc3ccccc3c2)Oc2ccccc21. The molecule has 3 aromatic carbocycles. The van der Waals surface area contributed by atoms with E-state index in [1.807, 2.05) is 48.5 Å². The van der Waals surface area contributed by atoms with Crippen molar-refractivity contribution in [2.45, 2.75) is 6.23 Å². The van der Waals surface area contributed by atoms with Crippen LogP contribution in [0.1, 0.15) is 22.1 Å². The number of amides is 1. The lowest BCUT2D eigenvalue weighted by molar-refractivity contribution is 0.0756. The zero-order valence-corrected chi connectivity index (χ0v) is 11.2. The number of para-hydroxylation sites is 1. The zero-order valence-electron chi connectivity index (χ0n) is 11.2. The second kappa shape index (κ2) is 4.63. The van der Waals surface area contributed by atoms with Gasteiger partial charge in [0.2, 0.25) is 0 Å². The molecule has 1 aliphatic rings. The first-order valence-electron chi connectivity index (χ1n) is 6.86. The molecule has 0 bridgehead atoms. The molecule has 1 heterocycles. The molecule has 1 N–H and O–H groups in total. The van der Waals surface area contributed by atoms with Crippen LogP contribution in [0.15, 0.2) is 66.7 Å². The lowest BCUT2D eigenvalue weighted by Gasteiger charge is -2.27. The van der Waals surface area contributed by atoms with E-state index in [1.54, 1.807) is 6.07 Å². The molecule has 1 amide bonds. The average Bonchev–Trinajstić information content (AvgIpc) is 2.54. The summed E-state index contributed by atoms with van der Waals surface area (Å²) in [7, 11) is 0. The molecule has 0 fully saturated rings. The molecule has 4 rings (SSSR count). The Morgan fingerprint density at radius 1 is 0.857 bits per heavy atom. The largest absolute Gasteiger partial charge is 0.466 e. The summed E-state index contributed by atoms with van der Waals surface area (Å²) >= 11 is 0. The number of carbonyl (C=O) groups is 1.